The number of morpholine rings is 1. The summed E-state index contributed by atoms with van der Waals surface area (Å²) in [4.78, 5) is 15.1. The molecule has 0 aliphatic carbocycles. The van der Waals surface area contributed by atoms with E-state index in [9.17, 15) is 4.79 Å². The summed E-state index contributed by atoms with van der Waals surface area (Å²) in [7, 11) is 0. The topological polar surface area (TPSA) is 77.1 Å². The summed E-state index contributed by atoms with van der Waals surface area (Å²) >= 11 is 0. The highest BCUT2D eigenvalue weighted by atomic mass is 16.5. The first-order valence-electron chi connectivity index (χ1n) is 10.1. The van der Waals surface area contributed by atoms with E-state index in [4.69, 9.17) is 18.3 Å². The lowest BCUT2D eigenvalue weighted by atomic mass is 10.1. The van der Waals surface area contributed by atoms with Crippen LogP contribution >= 0.6 is 0 Å². The van der Waals surface area contributed by atoms with Crippen LogP contribution in [0, 0.1) is 6.92 Å². The molecule has 7 heteroatoms. The molecule has 2 aromatic heterocycles. The van der Waals surface area contributed by atoms with Crippen LogP contribution in [-0.2, 0) is 11.3 Å². The van der Waals surface area contributed by atoms with Crippen molar-refractivity contribution in [2.24, 2.45) is 0 Å². The average molecular weight is 410 g/mol. The van der Waals surface area contributed by atoms with Crippen molar-refractivity contribution in [1.82, 2.24) is 10.2 Å². The molecule has 1 aliphatic rings. The van der Waals surface area contributed by atoms with E-state index in [1.54, 1.807) is 6.07 Å². The van der Waals surface area contributed by atoms with Crippen molar-refractivity contribution in [3.05, 3.63) is 77.6 Å². The Balaban J connectivity index is 1.40. The van der Waals surface area contributed by atoms with E-state index in [0.29, 0.717) is 25.3 Å². The number of amides is 1. The molecular formula is C23H26N2O5. The summed E-state index contributed by atoms with van der Waals surface area (Å²) in [5.74, 6) is 2.42. The first-order valence-corrected chi connectivity index (χ1v) is 10.1. The number of aryl methyl sites for hydroxylation is 1. The summed E-state index contributed by atoms with van der Waals surface area (Å²) in [6, 6.07) is 15.1. The van der Waals surface area contributed by atoms with Gasteiger partial charge in [-0.05, 0) is 37.3 Å². The molecule has 4 rings (SSSR count). The molecule has 0 saturated carbocycles. The van der Waals surface area contributed by atoms with E-state index in [1.165, 1.54) is 6.26 Å². The smallest absolute Gasteiger partial charge is 0.287 e. The molecule has 1 atom stereocenters. The van der Waals surface area contributed by atoms with Gasteiger partial charge in [0, 0.05) is 25.2 Å². The number of rotatable bonds is 8. The number of hydrogen-bond acceptors (Lipinski definition) is 6. The molecule has 3 aromatic rings. The predicted octanol–water partition coefficient (Wildman–Crippen LogP) is 3.56. The molecule has 1 N–H and O–H groups in total. The predicted molar refractivity (Wildman–Crippen MR) is 110 cm³/mol. The van der Waals surface area contributed by atoms with Crippen LogP contribution in [0.15, 0.2) is 63.6 Å². The van der Waals surface area contributed by atoms with Gasteiger partial charge in [-0.25, -0.2) is 0 Å². The molecule has 7 nitrogen and oxygen atoms in total. The number of nitrogens with one attached hydrogen (secondary N) is 1. The van der Waals surface area contributed by atoms with Crippen LogP contribution < -0.4 is 10.1 Å². The van der Waals surface area contributed by atoms with Crippen molar-refractivity contribution >= 4 is 5.91 Å². The Kier molecular flexibility index (Phi) is 6.51. The van der Waals surface area contributed by atoms with Crippen molar-refractivity contribution in [3.8, 4) is 5.75 Å². The molecule has 3 heterocycles. The SMILES string of the molecule is Cc1ccc(C(CNC(=O)c2occc2COc2ccccc2)N2CCOCC2)o1. The van der Waals surface area contributed by atoms with Gasteiger partial charge in [0.15, 0.2) is 5.76 Å². The van der Waals surface area contributed by atoms with Gasteiger partial charge in [-0.2, -0.15) is 0 Å². The number of ether oxygens (including phenoxy) is 2. The maximum absolute atomic E-state index is 12.8. The lowest BCUT2D eigenvalue weighted by Gasteiger charge is -2.33. The van der Waals surface area contributed by atoms with Gasteiger partial charge < -0.3 is 23.6 Å². The zero-order valence-corrected chi connectivity index (χ0v) is 17.0. The Morgan fingerprint density at radius 3 is 2.67 bits per heavy atom. The maximum atomic E-state index is 12.8. The Morgan fingerprint density at radius 2 is 1.93 bits per heavy atom. The number of carbonyl (C=O) groups excluding carboxylic acids is 1. The van der Waals surface area contributed by atoms with E-state index >= 15 is 0 Å². The van der Waals surface area contributed by atoms with Crippen LogP contribution in [0.3, 0.4) is 0 Å². The molecule has 0 spiro atoms. The van der Waals surface area contributed by atoms with Gasteiger partial charge in [-0.15, -0.1) is 0 Å². The minimum absolute atomic E-state index is 0.0643. The highest BCUT2D eigenvalue weighted by molar-refractivity contribution is 5.92. The minimum Gasteiger partial charge on any atom is -0.489 e. The van der Waals surface area contributed by atoms with Crippen LogP contribution in [0.2, 0.25) is 0 Å². The highest BCUT2D eigenvalue weighted by Crippen LogP contribution is 2.24. The molecule has 1 unspecified atom stereocenters. The van der Waals surface area contributed by atoms with Crippen molar-refractivity contribution < 1.29 is 23.1 Å². The summed E-state index contributed by atoms with van der Waals surface area (Å²) < 4.78 is 22.5. The molecule has 1 fully saturated rings. The largest absolute Gasteiger partial charge is 0.489 e. The molecule has 0 bridgehead atoms. The van der Waals surface area contributed by atoms with Gasteiger partial charge in [0.1, 0.15) is 23.9 Å². The summed E-state index contributed by atoms with van der Waals surface area (Å²) in [5.41, 5.74) is 0.702. The van der Waals surface area contributed by atoms with Crippen LogP contribution in [0.1, 0.15) is 33.7 Å². The third-order valence-electron chi connectivity index (χ3n) is 5.12. The number of carbonyl (C=O) groups is 1. The number of furan rings is 2. The Bertz CT molecular complexity index is 943. The van der Waals surface area contributed by atoms with Gasteiger partial charge in [-0.1, -0.05) is 18.2 Å². The molecule has 30 heavy (non-hydrogen) atoms. The fourth-order valence-electron chi connectivity index (χ4n) is 3.53. The van der Waals surface area contributed by atoms with Crippen LogP contribution in [-0.4, -0.2) is 43.7 Å². The average Bonchev–Trinajstić information content (AvgIpc) is 3.43. The first-order chi connectivity index (χ1) is 14.7. The molecule has 1 saturated heterocycles. The number of nitrogens with zero attached hydrogens (tertiary/aromatic N) is 1. The fraction of sp³-hybridized carbons (Fsp3) is 0.348. The monoisotopic (exact) mass is 410 g/mol. The zero-order chi connectivity index (χ0) is 20.8. The second-order valence-corrected chi connectivity index (χ2v) is 7.20. The van der Waals surface area contributed by atoms with E-state index in [2.05, 4.69) is 10.2 Å². The van der Waals surface area contributed by atoms with Gasteiger partial charge in [0.2, 0.25) is 0 Å². The lowest BCUT2D eigenvalue weighted by Crippen LogP contribution is -2.43. The number of para-hydroxylation sites is 1. The second-order valence-electron chi connectivity index (χ2n) is 7.20. The van der Waals surface area contributed by atoms with Crippen molar-refractivity contribution in [2.75, 3.05) is 32.8 Å². The van der Waals surface area contributed by atoms with E-state index < -0.39 is 0 Å². The van der Waals surface area contributed by atoms with E-state index in [-0.39, 0.29) is 24.3 Å². The van der Waals surface area contributed by atoms with Crippen molar-refractivity contribution in [1.29, 1.82) is 0 Å². The molecule has 1 aromatic carbocycles. The Hall–Kier alpha value is -3.03. The third-order valence-corrected chi connectivity index (χ3v) is 5.12. The quantitative estimate of drug-likeness (QED) is 0.612. The zero-order valence-electron chi connectivity index (χ0n) is 17.0. The van der Waals surface area contributed by atoms with Gasteiger partial charge in [-0.3, -0.25) is 9.69 Å². The maximum Gasteiger partial charge on any atom is 0.287 e. The molecule has 1 amide bonds. The minimum atomic E-state index is -0.270. The van der Waals surface area contributed by atoms with Crippen LogP contribution in [0.4, 0.5) is 0 Å². The third kappa shape index (κ3) is 4.93. The molecule has 1 aliphatic heterocycles. The van der Waals surface area contributed by atoms with Crippen molar-refractivity contribution in [2.45, 2.75) is 19.6 Å². The standard InChI is InChI=1S/C23H26N2O5/c1-17-7-8-21(30-17)20(25-10-13-27-14-11-25)15-24-23(26)22-18(9-12-28-22)16-29-19-5-3-2-4-6-19/h2-9,12,20H,10-11,13-16H2,1H3,(H,24,26). The summed E-state index contributed by atoms with van der Waals surface area (Å²) in [5, 5.41) is 3.00. The summed E-state index contributed by atoms with van der Waals surface area (Å²) in [6.45, 7) is 5.50. The highest BCUT2D eigenvalue weighted by Gasteiger charge is 2.26. The number of hydrogen-bond donors (Lipinski definition) is 1. The summed E-state index contributed by atoms with van der Waals surface area (Å²) in [6.07, 6.45) is 1.51. The molecule has 158 valence electrons. The molecular weight excluding hydrogens is 384 g/mol. The fourth-order valence-corrected chi connectivity index (χ4v) is 3.53. The van der Waals surface area contributed by atoms with E-state index in [1.807, 2.05) is 49.4 Å². The van der Waals surface area contributed by atoms with Crippen LogP contribution in [0.25, 0.3) is 0 Å². The van der Waals surface area contributed by atoms with Gasteiger partial charge >= 0.3 is 0 Å². The van der Waals surface area contributed by atoms with Gasteiger partial charge in [0.25, 0.3) is 5.91 Å². The Morgan fingerprint density at radius 1 is 1.13 bits per heavy atom. The van der Waals surface area contributed by atoms with Gasteiger partial charge in [0.05, 0.1) is 25.5 Å². The Labute approximate surface area is 175 Å². The lowest BCUT2D eigenvalue weighted by molar-refractivity contribution is 0.0116. The van der Waals surface area contributed by atoms with Crippen LogP contribution in [0.5, 0.6) is 5.75 Å². The normalized spacial score (nSPS) is 15.6. The first kappa shape index (κ1) is 20.3. The number of benzene rings is 1. The molecule has 0 radical (unpaired) electrons. The second kappa shape index (κ2) is 9.65. The van der Waals surface area contributed by atoms with E-state index in [0.717, 1.165) is 30.4 Å². The van der Waals surface area contributed by atoms with Crippen molar-refractivity contribution in [3.63, 3.8) is 0 Å².